The zero-order valence-electron chi connectivity index (χ0n) is 14.3. The maximum atomic E-state index is 3.42. The Morgan fingerprint density at radius 3 is 2.43 bits per heavy atom. The van der Waals surface area contributed by atoms with E-state index in [0.29, 0.717) is 0 Å². The van der Waals surface area contributed by atoms with Gasteiger partial charge in [-0.05, 0) is 47.9 Å². The van der Waals surface area contributed by atoms with Crippen LogP contribution in [0.25, 0.3) is 0 Å². The maximum Gasteiger partial charge on any atom is 0.0107 e. The third-order valence-corrected chi connectivity index (χ3v) is 4.58. The van der Waals surface area contributed by atoms with Gasteiger partial charge in [0.15, 0.2) is 0 Å². The van der Waals surface area contributed by atoms with Gasteiger partial charge in [0.25, 0.3) is 0 Å². The smallest absolute Gasteiger partial charge is 0.0107 e. The summed E-state index contributed by atoms with van der Waals surface area (Å²) >= 11 is 0. The monoisotopic (exact) mass is 288 g/mol. The van der Waals surface area contributed by atoms with Gasteiger partial charge >= 0.3 is 0 Å². The van der Waals surface area contributed by atoms with Crippen molar-refractivity contribution in [3.63, 3.8) is 0 Å². The van der Waals surface area contributed by atoms with Crippen molar-refractivity contribution in [3.05, 3.63) is 34.9 Å². The molecule has 2 nitrogen and oxygen atoms in total. The normalized spacial score (nSPS) is 17.1. The Hall–Kier alpha value is -0.860. The Bertz CT molecular complexity index is 439. The maximum absolute atomic E-state index is 3.42. The Labute approximate surface area is 130 Å². The van der Waals surface area contributed by atoms with Crippen LogP contribution in [-0.4, -0.2) is 37.6 Å². The van der Waals surface area contributed by atoms with Crippen molar-refractivity contribution in [2.45, 2.75) is 52.4 Å². The Kier molecular flexibility index (Phi) is 5.83. The van der Waals surface area contributed by atoms with Crippen molar-refractivity contribution in [1.82, 2.24) is 10.2 Å². The molecule has 0 spiro atoms. The fourth-order valence-electron chi connectivity index (χ4n) is 3.10. The molecule has 1 saturated heterocycles. The van der Waals surface area contributed by atoms with Gasteiger partial charge in [-0.2, -0.15) is 0 Å². The molecule has 118 valence electrons. The number of aryl methyl sites for hydroxylation is 2. The van der Waals surface area contributed by atoms with Crippen molar-refractivity contribution >= 4 is 0 Å². The Balaban J connectivity index is 1.96. The highest BCUT2D eigenvalue weighted by molar-refractivity contribution is 5.35. The summed E-state index contributed by atoms with van der Waals surface area (Å²) in [6.07, 6.45) is 3.64. The molecule has 0 aliphatic carbocycles. The third-order valence-electron chi connectivity index (χ3n) is 4.58. The van der Waals surface area contributed by atoms with Gasteiger partial charge in [0.1, 0.15) is 0 Å². The molecule has 0 radical (unpaired) electrons. The number of benzene rings is 1. The highest BCUT2D eigenvalue weighted by Crippen LogP contribution is 2.25. The summed E-state index contributed by atoms with van der Waals surface area (Å²) < 4.78 is 0. The average molecular weight is 288 g/mol. The van der Waals surface area contributed by atoms with Crippen LogP contribution in [0.15, 0.2) is 18.2 Å². The number of hydrogen-bond donors (Lipinski definition) is 1. The summed E-state index contributed by atoms with van der Waals surface area (Å²) in [5.41, 5.74) is 4.82. The van der Waals surface area contributed by atoms with E-state index in [2.05, 4.69) is 56.1 Å². The standard InChI is InChI=1S/C19H32N2/c1-5-16-8-9-18(19(2,3)4)15-17(16)7-6-12-21-13-10-20-11-14-21/h8-9,15,20H,5-7,10-14H2,1-4H3. The fraction of sp³-hybridized carbons (Fsp3) is 0.684. The van der Waals surface area contributed by atoms with E-state index in [4.69, 9.17) is 0 Å². The fourth-order valence-corrected chi connectivity index (χ4v) is 3.10. The Morgan fingerprint density at radius 1 is 1.10 bits per heavy atom. The number of hydrogen-bond acceptors (Lipinski definition) is 2. The second-order valence-electron chi connectivity index (χ2n) is 7.28. The molecule has 0 unspecified atom stereocenters. The van der Waals surface area contributed by atoms with Gasteiger partial charge in [-0.15, -0.1) is 0 Å². The lowest BCUT2D eigenvalue weighted by Crippen LogP contribution is -2.43. The molecule has 2 heteroatoms. The van der Waals surface area contributed by atoms with Crippen molar-refractivity contribution in [3.8, 4) is 0 Å². The van der Waals surface area contributed by atoms with Crippen molar-refractivity contribution in [1.29, 1.82) is 0 Å². The van der Waals surface area contributed by atoms with Crippen LogP contribution in [-0.2, 0) is 18.3 Å². The molecule has 1 aromatic rings. The minimum atomic E-state index is 0.250. The summed E-state index contributed by atoms with van der Waals surface area (Å²) in [4.78, 5) is 2.59. The SMILES string of the molecule is CCc1ccc(C(C)(C)C)cc1CCCN1CCNCC1. The number of nitrogens with one attached hydrogen (secondary N) is 1. The molecule has 0 atom stereocenters. The van der Waals surface area contributed by atoms with E-state index in [1.807, 2.05) is 0 Å². The van der Waals surface area contributed by atoms with Crippen LogP contribution in [0.5, 0.6) is 0 Å². The molecule has 1 heterocycles. The largest absolute Gasteiger partial charge is 0.314 e. The van der Waals surface area contributed by atoms with Crippen molar-refractivity contribution < 1.29 is 0 Å². The van der Waals surface area contributed by atoms with E-state index in [-0.39, 0.29) is 5.41 Å². The van der Waals surface area contributed by atoms with Gasteiger partial charge in [0.2, 0.25) is 0 Å². The van der Waals surface area contributed by atoms with Crippen LogP contribution in [0, 0.1) is 0 Å². The molecule has 0 bridgehead atoms. The zero-order chi connectivity index (χ0) is 15.3. The summed E-state index contributed by atoms with van der Waals surface area (Å²) in [6, 6.07) is 7.12. The lowest BCUT2D eigenvalue weighted by molar-refractivity contribution is 0.238. The van der Waals surface area contributed by atoms with Crippen LogP contribution in [0.4, 0.5) is 0 Å². The van der Waals surface area contributed by atoms with Crippen LogP contribution in [0.3, 0.4) is 0 Å². The van der Waals surface area contributed by atoms with Crippen LogP contribution >= 0.6 is 0 Å². The molecule has 1 fully saturated rings. The van der Waals surface area contributed by atoms with Gasteiger partial charge in [-0.25, -0.2) is 0 Å². The molecule has 1 N–H and O–H groups in total. The van der Waals surface area contributed by atoms with Gasteiger partial charge in [0, 0.05) is 26.2 Å². The number of rotatable bonds is 5. The summed E-state index contributed by atoms with van der Waals surface area (Å²) in [5, 5.41) is 3.42. The molecule has 0 amide bonds. The summed E-state index contributed by atoms with van der Waals surface area (Å²) in [6.45, 7) is 15.1. The van der Waals surface area contributed by atoms with E-state index in [1.165, 1.54) is 43.6 Å². The number of nitrogens with zero attached hydrogens (tertiary/aromatic N) is 1. The first-order valence-corrected chi connectivity index (χ1v) is 8.56. The number of piperazine rings is 1. The minimum absolute atomic E-state index is 0.250. The highest BCUT2D eigenvalue weighted by Gasteiger charge is 2.15. The minimum Gasteiger partial charge on any atom is -0.314 e. The second kappa shape index (κ2) is 7.42. The lowest BCUT2D eigenvalue weighted by Gasteiger charge is -2.27. The molecule has 2 rings (SSSR count). The topological polar surface area (TPSA) is 15.3 Å². The molecular formula is C19H32N2. The van der Waals surface area contributed by atoms with Gasteiger partial charge in [-0.1, -0.05) is 45.9 Å². The quantitative estimate of drug-likeness (QED) is 0.893. The van der Waals surface area contributed by atoms with E-state index < -0.39 is 0 Å². The van der Waals surface area contributed by atoms with Gasteiger partial charge in [0.05, 0.1) is 0 Å². The van der Waals surface area contributed by atoms with E-state index >= 15 is 0 Å². The van der Waals surface area contributed by atoms with Crippen molar-refractivity contribution in [2.75, 3.05) is 32.7 Å². The van der Waals surface area contributed by atoms with Gasteiger partial charge < -0.3 is 10.2 Å². The predicted molar refractivity (Wildman–Crippen MR) is 92.2 cm³/mol. The molecule has 1 aliphatic heterocycles. The van der Waals surface area contributed by atoms with Gasteiger partial charge in [-0.3, -0.25) is 0 Å². The molecule has 21 heavy (non-hydrogen) atoms. The van der Waals surface area contributed by atoms with E-state index in [1.54, 1.807) is 5.56 Å². The molecule has 0 saturated carbocycles. The molecule has 1 aliphatic rings. The molecular weight excluding hydrogens is 256 g/mol. The first kappa shape index (κ1) is 16.5. The predicted octanol–water partition coefficient (Wildman–Crippen LogP) is 3.38. The van der Waals surface area contributed by atoms with E-state index in [9.17, 15) is 0 Å². The third kappa shape index (κ3) is 4.82. The zero-order valence-corrected chi connectivity index (χ0v) is 14.3. The first-order chi connectivity index (χ1) is 10.0. The molecule has 1 aromatic carbocycles. The molecule has 0 aromatic heterocycles. The second-order valence-corrected chi connectivity index (χ2v) is 7.28. The average Bonchev–Trinajstić information content (AvgIpc) is 2.47. The van der Waals surface area contributed by atoms with Crippen molar-refractivity contribution in [2.24, 2.45) is 0 Å². The van der Waals surface area contributed by atoms with Crippen LogP contribution in [0.2, 0.25) is 0 Å². The van der Waals surface area contributed by atoms with Crippen LogP contribution < -0.4 is 5.32 Å². The Morgan fingerprint density at radius 2 is 1.81 bits per heavy atom. The van der Waals surface area contributed by atoms with Crippen LogP contribution in [0.1, 0.15) is 50.8 Å². The lowest BCUT2D eigenvalue weighted by atomic mass is 9.84. The first-order valence-electron chi connectivity index (χ1n) is 8.56. The van der Waals surface area contributed by atoms with E-state index in [0.717, 1.165) is 19.5 Å². The summed E-state index contributed by atoms with van der Waals surface area (Å²) in [7, 11) is 0. The summed E-state index contributed by atoms with van der Waals surface area (Å²) in [5.74, 6) is 0. The highest BCUT2D eigenvalue weighted by atomic mass is 15.2.